The van der Waals surface area contributed by atoms with Crippen LogP contribution in [-0.2, 0) is 4.79 Å². The molecule has 0 aliphatic rings. The van der Waals surface area contributed by atoms with Crippen molar-refractivity contribution < 1.29 is 14.3 Å². The Labute approximate surface area is 101 Å². The lowest BCUT2D eigenvalue weighted by molar-refractivity contribution is -0.142. The number of rotatable bonds is 6. The first-order valence-electron chi connectivity index (χ1n) is 5.81. The number of carboxylic acids is 1. The Morgan fingerprint density at radius 2 is 2.18 bits per heavy atom. The van der Waals surface area contributed by atoms with Crippen LogP contribution in [0.25, 0.3) is 0 Å². The quantitative estimate of drug-likeness (QED) is 0.801. The van der Waals surface area contributed by atoms with E-state index in [9.17, 15) is 14.3 Å². The van der Waals surface area contributed by atoms with Crippen LogP contribution in [0, 0.1) is 5.82 Å². The lowest BCUT2D eigenvalue weighted by Crippen LogP contribution is -2.45. The van der Waals surface area contributed by atoms with Gasteiger partial charge in [0.1, 0.15) is 11.4 Å². The Bertz CT molecular complexity index is 395. The van der Waals surface area contributed by atoms with Gasteiger partial charge in [-0.15, -0.1) is 0 Å². The van der Waals surface area contributed by atoms with Crippen LogP contribution in [0.15, 0.2) is 24.3 Å². The van der Waals surface area contributed by atoms with E-state index in [1.54, 1.807) is 12.1 Å². The van der Waals surface area contributed by atoms with E-state index >= 15 is 0 Å². The molecule has 0 aliphatic heterocycles. The molecular weight excluding hydrogens is 221 g/mol. The third-order valence-corrected chi connectivity index (χ3v) is 2.90. The zero-order valence-corrected chi connectivity index (χ0v) is 10.2. The van der Waals surface area contributed by atoms with Crippen molar-refractivity contribution in [2.45, 2.75) is 38.6 Å². The van der Waals surface area contributed by atoms with Gasteiger partial charge in [-0.2, -0.15) is 0 Å². The van der Waals surface area contributed by atoms with E-state index in [-0.39, 0.29) is 5.82 Å². The lowest BCUT2D eigenvalue weighted by atomic mass is 9.90. The summed E-state index contributed by atoms with van der Waals surface area (Å²) in [6.45, 7) is 3.75. The van der Waals surface area contributed by atoms with Crippen molar-refractivity contribution in [3.63, 3.8) is 0 Å². The molecule has 1 unspecified atom stereocenters. The predicted octanol–water partition coefficient (Wildman–Crippen LogP) is 3.27. The van der Waals surface area contributed by atoms with Crippen LogP contribution in [0.2, 0.25) is 0 Å². The molecule has 0 bridgehead atoms. The molecule has 3 nitrogen and oxygen atoms in total. The van der Waals surface area contributed by atoms with Crippen molar-refractivity contribution >= 4 is 11.7 Å². The van der Waals surface area contributed by atoms with Gasteiger partial charge in [0.15, 0.2) is 0 Å². The van der Waals surface area contributed by atoms with Crippen molar-refractivity contribution in [1.82, 2.24) is 0 Å². The number of aliphatic carboxylic acids is 1. The first kappa shape index (κ1) is 13.5. The number of nitrogens with one attached hydrogen (secondary N) is 1. The van der Waals surface area contributed by atoms with E-state index in [2.05, 4.69) is 5.32 Å². The minimum Gasteiger partial charge on any atom is -0.480 e. The molecule has 2 N–H and O–H groups in total. The van der Waals surface area contributed by atoms with Crippen LogP contribution in [0.4, 0.5) is 10.1 Å². The molecule has 0 saturated heterocycles. The van der Waals surface area contributed by atoms with E-state index < -0.39 is 11.5 Å². The van der Waals surface area contributed by atoms with Crippen LogP contribution in [0.5, 0.6) is 0 Å². The molecule has 0 amide bonds. The number of hydrogen-bond acceptors (Lipinski definition) is 2. The summed E-state index contributed by atoms with van der Waals surface area (Å²) in [4.78, 5) is 11.4. The highest BCUT2D eigenvalue weighted by molar-refractivity contribution is 5.82. The van der Waals surface area contributed by atoms with Crippen LogP contribution in [-0.4, -0.2) is 16.6 Å². The van der Waals surface area contributed by atoms with Crippen molar-refractivity contribution in [3.05, 3.63) is 30.1 Å². The lowest BCUT2D eigenvalue weighted by Gasteiger charge is -2.30. The van der Waals surface area contributed by atoms with Gasteiger partial charge in [-0.3, -0.25) is 0 Å². The standard InChI is InChI=1S/C13H18FNO2/c1-3-8-13(4-2,12(16)17)15-11-7-5-6-10(14)9-11/h5-7,9,15H,3-4,8H2,1-2H3,(H,16,17). The number of carboxylic acid groups (broad SMARTS) is 1. The van der Waals surface area contributed by atoms with Gasteiger partial charge < -0.3 is 10.4 Å². The second-order valence-electron chi connectivity index (χ2n) is 4.13. The van der Waals surface area contributed by atoms with Crippen molar-refractivity contribution in [1.29, 1.82) is 0 Å². The smallest absolute Gasteiger partial charge is 0.329 e. The topological polar surface area (TPSA) is 49.3 Å². The number of anilines is 1. The van der Waals surface area contributed by atoms with E-state index in [1.807, 2.05) is 13.8 Å². The summed E-state index contributed by atoms with van der Waals surface area (Å²) in [6, 6.07) is 5.88. The fourth-order valence-corrected chi connectivity index (χ4v) is 1.91. The second-order valence-corrected chi connectivity index (χ2v) is 4.13. The van der Waals surface area contributed by atoms with Gasteiger partial charge in [0, 0.05) is 5.69 Å². The Kier molecular flexibility index (Phi) is 4.49. The average molecular weight is 239 g/mol. The second kappa shape index (κ2) is 5.66. The molecule has 0 aromatic heterocycles. The Morgan fingerprint density at radius 1 is 1.47 bits per heavy atom. The predicted molar refractivity (Wildman–Crippen MR) is 65.6 cm³/mol. The highest BCUT2D eigenvalue weighted by atomic mass is 19.1. The Hall–Kier alpha value is -1.58. The fraction of sp³-hybridized carbons (Fsp3) is 0.462. The highest BCUT2D eigenvalue weighted by Gasteiger charge is 2.35. The molecule has 94 valence electrons. The molecule has 1 aromatic rings. The summed E-state index contributed by atoms with van der Waals surface area (Å²) in [7, 11) is 0. The van der Waals surface area contributed by atoms with Crippen molar-refractivity contribution in [2.24, 2.45) is 0 Å². The molecule has 4 heteroatoms. The van der Waals surface area contributed by atoms with Crippen LogP contribution in [0.1, 0.15) is 33.1 Å². The van der Waals surface area contributed by atoms with Crippen LogP contribution in [0.3, 0.4) is 0 Å². The van der Waals surface area contributed by atoms with Crippen LogP contribution < -0.4 is 5.32 Å². The maximum absolute atomic E-state index is 13.0. The first-order valence-corrected chi connectivity index (χ1v) is 5.81. The molecule has 0 heterocycles. The normalized spacial score (nSPS) is 14.1. The number of benzene rings is 1. The molecule has 0 radical (unpaired) electrons. The molecular formula is C13H18FNO2. The molecule has 0 saturated carbocycles. The molecule has 0 spiro atoms. The van der Waals surface area contributed by atoms with E-state index in [4.69, 9.17) is 0 Å². The zero-order valence-electron chi connectivity index (χ0n) is 10.2. The SMILES string of the molecule is CCCC(CC)(Nc1cccc(F)c1)C(=O)O. The van der Waals surface area contributed by atoms with Gasteiger partial charge in [0.25, 0.3) is 0 Å². The summed E-state index contributed by atoms with van der Waals surface area (Å²) < 4.78 is 13.0. The highest BCUT2D eigenvalue weighted by Crippen LogP contribution is 2.24. The minimum absolute atomic E-state index is 0.373. The van der Waals surface area contributed by atoms with Crippen LogP contribution >= 0.6 is 0 Å². The number of hydrogen-bond donors (Lipinski definition) is 2. The summed E-state index contributed by atoms with van der Waals surface area (Å²) in [5.74, 6) is -1.27. The Balaban J connectivity index is 2.96. The third kappa shape index (κ3) is 3.19. The van der Waals surface area contributed by atoms with E-state index in [0.29, 0.717) is 18.5 Å². The summed E-state index contributed by atoms with van der Waals surface area (Å²) in [6.07, 6.45) is 1.71. The summed E-state index contributed by atoms with van der Waals surface area (Å²) >= 11 is 0. The third-order valence-electron chi connectivity index (χ3n) is 2.90. The molecule has 0 aliphatic carbocycles. The van der Waals surface area contributed by atoms with Gasteiger partial charge in [-0.1, -0.05) is 26.3 Å². The van der Waals surface area contributed by atoms with Gasteiger partial charge in [0.2, 0.25) is 0 Å². The molecule has 1 aromatic carbocycles. The minimum atomic E-state index is -1.01. The van der Waals surface area contributed by atoms with Gasteiger partial charge in [-0.25, -0.2) is 9.18 Å². The van der Waals surface area contributed by atoms with Gasteiger partial charge >= 0.3 is 5.97 Å². The molecule has 0 fully saturated rings. The zero-order chi connectivity index (χ0) is 12.9. The average Bonchev–Trinajstić information content (AvgIpc) is 2.28. The van der Waals surface area contributed by atoms with E-state index in [0.717, 1.165) is 6.42 Å². The largest absolute Gasteiger partial charge is 0.480 e. The van der Waals surface area contributed by atoms with Gasteiger partial charge in [0.05, 0.1) is 0 Å². The summed E-state index contributed by atoms with van der Waals surface area (Å²) in [5.41, 5.74) is -0.509. The molecule has 17 heavy (non-hydrogen) atoms. The Morgan fingerprint density at radius 3 is 2.65 bits per heavy atom. The first-order chi connectivity index (χ1) is 8.04. The van der Waals surface area contributed by atoms with Crippen molar-refractivity contribution in [2.75, 3.05) is 5.32 Å². The van der Waals surface area contributed by atoms with E-state index in [1.165, 1.54) is 12.1 Å². The van der Waals surface area contributed by atoms with Crippen molar-refractivity contribution in [3.8, 4) is 0 Å². The molecule has 1 rings (SSSR count). The number of carbonyl (C=O) groups is 1. The fourth-order valence-electron chi connectivity index (χ4n) is 1.91. The summed E-state index contributed by atoms with van der Waals surface area (Å²) in [5, 5.41) is 12.3. The maximum atomic E-state index is 13.0. The number of halogens is 1. The maximum Gasteiger partial charge on any atom is 0.329 e. The molecule has 1 atom stereocenters. The monoisotopic (exact) mass is 239 g/mol. The van der Waals surface area contributed by atoms with Gasteiger partial charge in [-0.05, 0) is 31.0 Å².